The standard InChI is InChI=1S/C17H26N2O7/c1-10(2)15(16(24)25-17(3,4)5)18-11(20)6-9-14(23)26-19-12(21)7-8-13(19)22/h7-8,10,15,21-22H,6,9H2,1-5H3,(H,18,20). The Labute approximate surface area is 151 Å². The zero-order chi connectivity index (χ0) is 20.1. The number of aromatic hydroxyl groups is 2. The predicted octanol–water partition coefficient (Wildman–Crippen LogP) is 1.12. The van der Waals surface area contributed by atoms with Gasteiger partial charge in [0.1, 0.15) is 11.6 Å². The quantitative estimate of drug-likeness (QED) is 0.614. The Morgan fingerprint density at radius 2 is 1.65 bits per heavy atom. The Bertz CT molecular complexity index is 639. The lowest BCUT2D eigenvalue weighted by molar-refractivity contribution is -0.160. The molecule has 1 rings (SSSR count). The first-order valence-corrected chi connectivity index (χ1v) is 8.23. The fraction of sp³-hybridized carbons (Fsp3) is 0.588. The van der Waals surface area contributed by atoms with Gasteiger partial charge in [0.2, 0.25) is 17.7 Å². The van der Waals surface area contributed by atoms with Crippen LogP contribution >= 0.6 is 0 Å². The van der Waals surface area contributed by atoms with Crippen molar-refractivity contribution in [1.29, 1.82) is 0 Å². The number of esters is 1. The van der Waals surface area contributed by atoms with Crippen molar-refractivity contribution in [3.63, 3.8) is 0 Å². The van der Waals surface area contributed by atoms with Crippen molar-refractivity contribution in [3.8, 4) is 11.8 Å². The lowest BCUT2D eigenvalue weighted by Gasteiger charge is -2.26. The molecule has 26 heavy (non-hydrogen) atoms. The van der Waals surface area contributed by atoms with Crippen molar-refractivity contribution < 1.29 is 34.2 Å². The van der Waals surface area contributed by atoms with Gasteiger partial charge in [-0.05, 0) is 26.7 Å². The smallest absolute Gasteiger partial charge is 0.333 e. The summed E-state index contributed by atoms with van der Waals surface area (Å²) >= 11 is 0. The van der Waals surface area contributed by atoms with E-state index >= 15 is 0 Å². The largest absolute Gasteiger partial charge is 0.492 e. The van der Waals surface area contributed by atoms with E-state index < -0.39 is 41.2 Å². The van der Waals surface area contributed by atoms with E-state index in [1.807, 2.05) is 0 Å². The molecule has 0 aromatic carbocycles. The minimum absolute atomic E-state index is 0.200. The van der Waals surface area contributed by atoms with Crippen molar-refractivity contribution >= 4 is 17.8 Å². The third kappa shape index (κ3) is 6.66. The van der Waals surface area contributed by atoms with Crippen LogP contribution in [0.3, 0.4) is 0 Å². The number of ether oxygens (including phenoxy) is 1. The van der Waals surface area contributed by atoms with E-state index in [0.29, 0.717) is 4.73 Å². The summed E-state index contributed by atoms with van der Waals surface area (Å²) in [6.07, 6.45) is -0.532. The number of carbonyl (C=O) groups is 3. The number of hydrogen-bond donors (Lipinski definition) is 3. The second-order valence-corrected chi connectivity index (χ2v) is 7.13. The van der Waals surface area contributed by atoms with E-state index in [9.17, 15) is 24.6 Å². The maximum absolute atomic E-state index is 12.2. The zero-order valence-electron chi connectivity index (χ0n) is 15.6. The topological polar surface area (TPSA) is 127 Å². The summed E-state index contributed by atoms with van der Waals surface area (Å²) < 4.78 is 5.82. The third-order valence-corrected chi connectivity index (χ3v) is 3.19. The van der Waals surface area contributed by atoms with E-state index in [1.165, 1.54) is 0 Å². The monoisotopic (exact) mass is 370 g/mol. The molecule has 1 heterocycles. The van der Waals surface area contributed by atoms with Crippen LogP contribution in [0.4, 0.5) is 0 Å². The Morgan fingerprint density at radius 1 is 1.12 bits per heavy atom. The molecule has 0 aliphatic carbocycles. The molecule has 0 fully saturated rings. The van der Waals surface area contributed by atoms with Gasteiger partial charge in [0.05, 0.1) is 6.42 Å². The summed E-state index contributed by atoms with van der Waals surface area (Å²) in [6, 6.07) is 1.45. The van der Waals surface area contributed by atoms with Gasteiger partial charge in [-0.15, -0.1) is 4.73 Å². The molecule has 9 nitrogen and oxygen atoms in total. The minimum atomic E-state index is -0.838. The van der Waals surface area contributed by atoms with Crippen molar-refractivity contribution in [2.45, 2.75) is 59.1 Å². The van der Waals surface area contributed by atoms with Gasteiger partial charge in [-0.3, -0.25) is 4.79 Å². The van der Waals surface area contributed by atoms with Gasteiger partial charge in [-0.1, -0.05) is 13.8 Å². The van der Waals surface area contributed by atoms with Gasteiger partial charge in [0.15, 0.2) is 0 Å². The molecule has 1 unspecified atom stereocenters. The van der Waals surface area contributed by atoms with Crippen LogP contribution in [0, 0.1) is 5.92 Å². The summed E-state index contributed by atoms with van der Waals surface area (Å²) in [5.41, 5.74) is -0.681. The van der Waals surface area contributed by atoms with E-state index in [4.69, 9.17) is 9.57 Å². The van der Waals surface area contributed by atoms with Crippen molar-refractivity contribution in [3.05, 3.63) is 12.1 Å². The fourth-order valence-electron chi connectivity index (χ4n) is 1.97. The van der Waals surface area contributed by atoms with Crippen LogP contribution < -0.4 is 10.2 Å². The molecule has 0 aliphatic heterocycles. The minimum Gasteiger partial charge on any atom is -0.492 e. The van der Waals surface area contributed by atoms with E-state index in [2.05, 4.69) is 5.32 Å². The Hall–Kier alpha value is -2.71. The van der Waals surface area contributed by atoms with Crippen LogP contribution in [-0.2, 0) is 19.1 Å². The van der Waals surface area contributed by atoms with E-state index in [1.54, 1.807) is 34.6 Å². The first kappa shape index (κ1) is 21.3. The van der Waals surface area contributed by atoms with Crippen molar-refractivity contribution in [2.75, 3.05) is 0 Å². The third-order valence-electron chi connectivity index (χ3n) is 3.19. The van der Waals surface area contributed by atoms with Gasteiger partial charge in [-0.25, -0.2) is 9.59 Å². The average Bonchev–Trinajstić information content (AvgIpc) is 2.80. The maximum Gasteiger partial charge on any atom is 0.333 e. The van der Waals surface area contributed by atoms with Crippen LogP contribution in [0.25, 0.3) is 0 Å². The molecule has 9 heteroatoms. The number of nitrogens with one attached hydrogen (secondary N) is 1. The number of aromatic nitrogens is 1. The van der Waals surface area contributed by atoms with Gasteiger partial charge in [0, 0.05) is 18.6 Å². The Morgan fingerprint density at radius 3 is 2.12 bits per heavy atom. The molecule has 1 aromatic rings. The van der Waals surface area contributed by atoms with Crippen molar-refractivity contribution in [1.82, 2.24) is 10.0 Å². The SMILES string of the molecule is CC(C)C(NC(=O)CCC(=O)On1c(O)ccc1O)C(=O)OC(C)(C)C. The number of rotatable bonds is 7. The number of nitrogens with zero attached hydrogens (tertiary/aromatic N) is 1. The molecule has 3 N–H and O–H groups in total. The maximum atomic E-state index is 12.2. The van der Waals surface area contributed by atoms with Crippen LogP contribution in [0.1, 0.15) is 47.5 Å². The normalized spacial score (nSPS) is 12.5. The molecule has 1 amide bonds. The number of carbonyl (C=O) groups excluding carboxylic acids is 3. The molecule has 1 aromatic heterocycles. The highest BCUT2D eigenvalue weighted by Crippen LogP contribution is 2.19. The molecule has 0 saturated heterocycles. The lowest BCUT2D eigenvalue weighted by Crippen LogP contribution is -2.47. The summed E-state index contributed by atoms with van der Waals surface area (Å²) in [7, 11) is 0. The number of hydrogen-bond acceptors (Lipinski definition) is 7. The summed E-state index contributed by atoms with van der Waals surface area (Å²) in [5.74, 6) is -3.01. The van der Waals surface area contributed by atoms with E-state index in [-0.39, 0.29) is 18.8 Å². The summed E-state index contributed by atoms with van der Waals surface area (Å²) in [4.78, 5) is 40.7. The van der Waals surface area contributed by atoms with Crippen LogP contribution in [0.5, 0.6) is 11.8 Å². The van der Waals surface area contributed by atoms with Gasteiger partial charge < -0.3 is 25.1 Å². The first-order chi connectivity index (χ1) is 11.9. The highest BCUT2D eigenvalue weighted by molar-refractivity contribution is 5.86. The molecule has 146 valence electrons. The van der Waals surface area contributed by atoms with Gasteiger partial charge in [0.25, 0.3) is 0 Å². The van der Waals surface area contributed by atoms with Crippen LogP contribution in [-0.4, -0.2) is 44.4 Å². The second kappa shape index (κ2) is 8.59. The van der Waals surface area contributed by atoms with Gasteiger partial charge in [-0.2, -0.15) is 0 Å². The molecule has 0 aliphatic rings. The molecular formula is C17H26N2O7. The van der Waals surface area contributed by atoms with Crippen molar-refractivity contribution in [2.24, 2.45) is 5.92 Å². The van der Waals surface area contributed by atoms with E-state index in [0.717, 1.165) is 12.1 Å². The number of amides is 1. The van der Waals surface area contributed by atoms with Crippen LogP contribution in [0.15, 0.2) is 12.1 Å². The zero-order valence-corrected chi connectivity index (χ0v) is 15.6. The summed E-state index contributed by atoms with van der Waals surface area (Å²) in [5, 5.41) is 21.3. The van der Waals surface area contributed by atoms with Crippen LogP contribution in [0.2, 0.25) is 0 Å². The Balaban J connectivity index is 2.55. The first-order valence-electron chi connectivity index (χ1n) is 8.23. The fourth-order valence-corrected chi connectivity index (χ4v) is 1.97. The highest BCUT2D eigenvalue weighted by Gasteiger charge is 2.29. The molecule has 0 saturated carbocycles. The Kier molecular flexibility index (Phi) is 7.05. The highest BCUT2D eigenvalue weighted by atomic mass is 16.7. The molecule has 1 atom stereocenters. The average molecular weight is 370 g/mol. The molecular weight excluding hydrogens is 344 g/mol. The summed E-state index contributed by atoms with van der Waals surface area (Å²) in [6.45, 7) is 8.71. The molecule has 0 bridgehead atoms. The lowest BCUT2D eigenvalue weighted by atomic mass is 10.0. The predicted molar refractivity (Wildman–Crippen MR) is 91.2 cm³/mol. The molecule has 0 radical (unpaired) electrons. The second-order valence-electron chi connectivity index (χ2n) is 7.13. The van der Waals surface area contributed by atoms with Gasteiger partial charge >= 0.3 is 11.9 Å². The molecule has 0 spiro atoms.